The van der Waals surface area contributed by atoms with Gasteiger partial charge in [-0.3, -0.25) is 0 Å². The Morgan fingerprint density at radius 1 is 1.07 bits per heavy atom. The average molecular weight is 422 g/mol. The van der Waals surface area contributed by atoms with Crippen molar-refractivity contribution in [2.75, 3.05) is 24.4 Å². The van der Waals surface area contributed by atoms with Gasteiger partial charge in [0.15, 0.2) is 0 Å². The van der Waals surface area contributed by atoms with Gasteiger partial charge in [0.1, 0.15) is 11.4 Å². The molecule has 3 aromatic rings. The summed E-state index contributed by atoms with van der Waals surface area (Å²) in [6.07, 6.45) is 0. The third kappa shape index (κ3) is 4.16. The summed E-state index contributed by atoms with van der Waals surface area (Å²) in [5.41, 5.74) is 1.51. The van der Waals surface area contributed by atoms with Crippen molar-refractivity contribution >= 4 is 57.5 Å². The number of H-pyrrole nitrogens is 1. The Kier molecular flexibility index (Phi) is 5.96. The van der Waals surface area contributed by atoms with E-state index in [9.17, 15) is 9.59 Å². The van der Waals surface area contributed by atoms with Gasteiger partial charge in [0, 0.05) is 16.6 Å². The number of aromatic nitrogens is 1. The standard InChI is InChI=1S/C19H17Cl2N3O4/c1-3-28-18(25)17-16(12-9-11(27-2)5-7-15(12)23-17)24-19(26)22-10-4-6-13(20)14(21)8-10/h4-9,23H,3H2,1-2H3,(H2,22,24,26). The van der Waals surface area contributed by atoms with Crippen LogP contribution < -0.4 is 15.4 Å². The van der Waals surface area contributed by atoms with E-state index in [0.717, 1.165) is 0 Å². The highest BCUT2D eigenvalue weighted by Crippen LogP contribution is 2.32. The number of aromatic amines is 1. The van der Waals surface area contributed by atoms with Crippen LogP contribution in [0, 0.1) is 0 Å². The van der Waals surface area contributed by atoms with Crippen LogP contribution in [-0.2, 0) is 4.74 Å². The summed E-state index contributed by atoms with van der Waals surface area (Å²) < 4.78 is 10.3. The largest absolute Gasteiger partial charge is 0.497 e. The predicted octanol–water partition coefficient (Wildman–Crippen LogP) is 5.30. The monoisotopic (exact) mass is 421 g/mol. The van der Waals surface area contributed by atoms with Crippen LogP contribution in [0.1, 0.15) is 17.4 Å². The lowest BCUT2D eigenvalue weighted by Gasteiger charge is -2.10. The number of amides is 2. The second-order valence-electron chi connectivity index (χ2n) is 5.71. The van der Waals surface area contributed by atoms with E-state index in [4.69, 9.17) is 32.7 Å². The molecule has 28 heavy (non-hydrogen) atoms. The van der Waals surface area contributed by atoms with Gasteiger partial charge < -0.3 is 25.1 Å². The normalized spacial score (nSPS) is 10.6. The topological polar surface area (TPSA) is 92.5 Å². The minimum absolute atomic E-state index is 0.134. The van der Waals surface area contributed by atoms with Gasteiger partial charge in [-0.15, -0.1) is 0 Å². The molecule has 0 aliphatic carbocycles. The number of benzene rings is 2. The summed E-state index contributed by atoms with van der Waals surface area (Å²) in [5, 5.41) is 6.63. The van der Waals surface area contributed by atoms with Crippen molar-refractivity contribution in [3.63, 3.8) is 0 Å². The molecule has 9 heteroatoms. The smallest absolute Gasteiger partial charge is 0.356 e. The molecule has 0 aliphatic heterocycles. The molecule has 0 saturated carbocycles. The molecule has 0 spiro atoms. The molecule has 1 aromatic heterocycles. The van der Waals surface area contributed by atoms with E-state index in [1.165, 1.54) is 13.2 Å². The Hall–Kier alpha value is -2.90. The number of fused-ring (bicyclic) bond motifs is 1. The maximum atomic E-state index is 12.5. The number of nitrogens with one attached hydrogen (secondary N) is 3. The van der Waals surface area contributed by atoms with Gasteiger partial charge in [0.2, 0.25) is 0 Å². The first-order chi connectivity index (χ1) is 13.4. The lowest BCUT2D eigenvalue weighted by atomic mass is 10.2. The van der Waals surface area contributed by atoms with Crippen molar-refractivity contribution in [1.82, 2.24) is 4.98 Å². The van der Waals surface area contributed by atoms with Gasteiger partial charge in [0.05, 0.1) is 29.4 Å². The van der Waals surface area contributed by atoms with E-state index < -0.39 is 12.0 Å². The Labute approximate surface area is 170 Å². The number of carbonyl (C=O) groups is 2. The summed E-state index contributed by atoms with van der Waals surface area (Å²) in [6.45, 7) is 1.90. The zero-order valence-corrected chi connectivity index (χ0v) is 16.6. The zero-order chi connectivity index (χ0) is 20.3. The van der Waals surface area contributed by atoms with Gasteiger partial charge in [-0.05, 0) is 43.3 Å². The third-order valence-electron chi connectivity index (χ3n) is 3.90. The number of carbonyl (C=O) groups excluding carboxylic acids is 2. The first kappa shape index (κ1) is 19.9. The number of esters is 1. The van der Waals surface area contributed by atoms with Crippen molar-refractivity contribution in [2.24, 2.45) is 0 Å². The lowest BCUT2D eigenvalue weighted by Crippen LogP contribution is -2.21. The van der Waals surface area contributed by atoms with Crippen molar-refractivity contribution < 1.29 is 19.1 Å². The van der Waals surface area contributed by atoms with Crippen LogP contribution in [-0.4, -0.2) is 30.7 Å². The lowest BCUT2D eigenvalue weighted by molar-refractivity contribution is 0.0522. The first-order valence-corrected chi connectivity index (χ1v) is 9.08. The number of hydrogen-bond acceptors (Lipinski definition) is 4. The fraction of sp³-hybridized carbons (Fsp3) is 0.158. The van der Waals surface area contributed by atoms with Crippen molar-refractivity contribution in [2.45, 2.75) is 6.92 Å². The molecule has 0 bridgehead atoms. The maximum Gasteiger partial charge on any atom is 0.356 e. The summed E-state index contributed by atoms with van der Waals surface area (Å²) in [6, 6.07) is 9.34. The van der Waals surface area contributed by atoms with Gasteiger partial charge in [0.25, 0.3) is 0 Å². The van der Waals surface area contributed by atoms with Crippen molar-refractivity contribution in [3.05, 3.63) is 52.1 Å². The SMILES string of the molecule is CCOC(=O)c1[nH]c2ccc(OC)cc2c1NC(=O)Nc1ccc(Cl)c(Cl)c1. The Morgan fingerprint density at radius 2 is 1.86 bits per heavy atom. The van der Waals surface area contributed by atoms with E-state index in [1.807, 2.05) is 0 Å². The van der Waals surface area contributed by atoms with Gasteiger partial charge in [-0.2, -0.15) is 0 Å². The number of ether oxygens (including phenoxy) is 2. The molecule has 0 saturated heterocycles. The van der Waals surface area contributed by atoms with E-state index in [1.54, 1.807) is 37.3 Å². The van der Waals surface area contributed by atoms with Crippen LogP contribution in [0.2, 0.25) is 10.0 Å². The molecule has 1 heterocycles. The quantitative estimate of drug-likeness (QED) is 0.487. The molecule has 3 rings (SSSR count). The fourth-order valence-electron chi connectivity index (χ4n) is 2.63. The predicted molar refractivity (Wildman–Crippen MR) is 110 cm³/mol. The van der Waals surface area contributed by atoms with Crippen molar-refractivity contribution in [1.29, 1.82) is 0 Å². The third-order valence-corrected chi connectivity index (χ3v) is 4.64. The fourth-order valence-corrected chi connectivity index (χ4v) is 2.93. The molecule has 7 nitrogen and oxygen atoms in total. The number of hydrogen-bond donors (Lipinski definition) is 3. The van der Waals surface area contributed by atoms with Crippen molar-refractivity contribution in [3.8, 4) is 5.75 Å². The van der Waals surface area contributed by atoms with Crippen LogP contribution in [0.25, 0.3) is 10.9 Å². The van der Waals surface area contributed by atoms with Crippen LogP contribution in [0.5, 0.6) is 5.75 Å². The highest BCUT2D eigenvalue weighted by molar-refractivity contribution is 6.42. The number of urea groups is 1. The number of rotatable bonds is 5. The second kappa shape index (κ2) is 8.41. The number of methoxy groups -OCH3 is 1. The van der Waals surface area contributed by atoms with Crippen LogP contribution in [0.3, 0.4) is 0 Å². The van der Waals surface area contributed by atoms with Crippen LogP contribution >= 0.6 is 23.2 Å². The van der Waals surface area contributed by atoms with E-state index in [2.05, 4.69) is 15.6 Å². The molecule has 0 fully saturated rings. The van der Waals surface area contributed by atoms with Gasteiger partial charge in [-0.1, -0.05) is 23.2 Å². The molecule has 0 aliphatic rings. The Bertz CT molecular complexity index is 1050. The zero-order valence-electron chi connectivity index (χ0n) is 15.1. The second-order valence-corrected chi connectivity index (χ2v) is 6.53. The molecule has 0 radical (unpaired) electrons. The summed E-state index contributed by atoms with van der Waals surface area (Å²) in [7, 11) is 1.53. The summed E-state index contributed by atoms with van der Waals surface area (Å²) in [5.74, 6) is -0.00245. The van der Waals surface area contributed by atoms with Gasteiger partial charge >= 0.3 is 12.0 Å². The molecular formula is C19H17Cl2N3O4. The van der Waals surface area contributed by atoms with E-state index >= 15 is 0 Å². The first-order valence-electron chi connectivity index (χ1n) is 8.32. The highest BCUT2D eigenvalue weighted by Gasteiger charge is 2.21. The van der Waals surface area contributed by atoms with Crippen LogP contribution in [0.15, 0.2) is 36.4 Å². The molecular weight excluding hydrogens is 405 g/mol. The molecule has 146 valence electrons. The molecule has 3 N–H and O–H groups in total. The highest BCUT2D eigenvalue weighted by atomic mass is 35.5. The minimum atomic E-state index is -0.581. The summed E-state index contributed by atoms with van der Waals surface area (Å²) in [4.78, 5) is 27.8. The van der Waals surface area contributed by atoms with E-state index in [-0.39, 0.29) is 18.0 Å². The molecule has 2 amide bonds. The number of anilines is 2. The van der Waals surface area contributed by atoms with E-state index in [0.29, 0.717) is 32.4 Å². The average Bonchev–Trinajstić information content (AvgIpc) is 3.02. The number of halogens is 2. The Morgan fingerprint density at radius 3 is 2.54 bits per heavy atom. The molecule has 0 atom stereocenters. The van der Waals surface area contributed by atoms with Gasteiger partial charge in [-0.25, -0.2) is 9.59 Å². The van der Waals surface area contributed by atoms with Crippen LogP contribution in [0.4, 0.5) is 16.2 Å². The Balaban J connectivity index is 1.94. The molecule has 0 unspecified atom stereocenters. The minimum Gasteiger partial charge on any atom is -0.497 e. The molecule has 2 aromatic carbocycles. The summed E-state index contributed by atoms with van der Waals surface area (Å²) >= 11 is 11.9. The maximum absolute atomic E-state index is 12.5.